The van der Waals surface area contributed by atoms with Gasteiger partial charge in [0.05, 0.1) is 0 Å². The minimum atomic E-state index is 1.00. The largest absolute Gasteiger partial charge is 0.400 e. The van der Waals surface area contributed by atoms with Gasteiger partial charge in [0, 0.05) is 18.7 Å². The number of aliphatic hydroxyl groups excluding tert-OH is 1. The molecule has 0 radical (unpaired) electrons. The highest BCUT2D eigenvalue weighted by Gasteiger charge is 1.79. The number of nitrogens with one attached hydrogen (secondary N) is 1. The van der Waals surface area contributed by atoms with Crippen molar-refractivity contribution >= 4 is 0 Å². The normalized spacial score (nSPS) is 7.44. The number of pyridine rings is 1. The molecule has 1 aromatic heterocycles. The monoisotopic (exact) mass is 126 g/mol. The van der Waals surface area contributed by atoms with Gasteiger partial charge in [-0.05, 0) is 13.0 Å². The lowest BCUT2D eigenvalue weighted by atomic mass is 10.3. The third kappa shape index (κ3) is 3.67. The van der Waals surface area contributed by atoms with Crippen molar-refractivity contribution in [2.24, 2.45) is 0 Å². The van der Waals surface area contributed by atoms with Crippen LogP contribution in [0.2, 0.25) is 0 Å². The lowest BCUT2D eigenvalue weighted by Gasteiger charge is -1.76. The molecule has 0 aliphatic heterocycles. The fourth-order valence-corrected chi connectivity index (χ4v) is 0.483. The molecule has 50 valence electrons. The highest BCUT2D eigenvalue weighted by atomic mass is 16.2. The van der Waals surface area contributed by atoms with E-state index in [4.69, 9.17) is 5.11 Å². The van der Waals surface area contributed by atoms with E-state index < -0.39 is 0 Å². The number of hydrogen-bond donors (Lipinski definition) is 1. The number of hydrogen-bond acceptors (Lipinski definition) is 1. The van der Waals surface area contributed by atoms with Gasteiger partial charge in [0.15, 0.2) is 12.4 Å². The second-order valence-corrected chi connectivity index (χ2v) is 1.58. The Hall–Kier alpha value is -0.890. The molecule has 0 saturated carbocycles. The molecule has 0 saturated heterocycles. The Balaban J connectivity index is 0.000000291. The molecule has 1 aromatic rings. The minimum absolute atomic E-state index is 1.00. The maximum atomic E-state index is 7.00. The van der Waals surface area contributed by atoms with E-state index >= 15 is 0 Å². The lowest BCUT2D eigenvalue weighted by Crippen LogP contribution is -1.97. The van der Waals surface area contributed by atoms with Crippen LogP contribution in [0.4, 0.5) is 0 Å². The van der Waals surface area contributed by atoms with Crippen molar-refractivity contribution in [2.45, 2.75) is 6.92 Å². The van der Waals surface area contributed by atoms with Gasteiger partial charge in [0.2, 0.25) is 0 Å². The van der Waals surface area contributed by atoms with Crippen molar-refractivity contribution < 1.29 is 10.1 Å². The van der Waals surface area contributed by atoms with Crippen LogP contribution in [0.5, 0.6) is 0 Å². The molecule has 0 amide bonds. The molecule has 0 fully saturated rings. The van der Waals surface area contributed by atoms with Crippen LogP contribution in [-0.4, -0.2) is 12.2 Å². The summed E-state index contributed by atoms with van der Waals surface area (Å²) in [6.07, 6.45) is 3.85. The number of aromatic amines is 1. The summed E-state index contributed by atoms with van der Waals surface area (Å²) in [5.41, 5.74) is 1.27. The summed E-state index contributed by atoms with van der Waals surface area (Å²) in [5.74, 6) is 0. The Kier molecular flexibility index (Phi) is 4.73. The van der Waals surface area contributed by atoms with Crippen molar-refractivity contribution in [3.8, 4) is 0 Å². The number of aromatic nitrogens is 1. The van der Waals surface area contributed by atoms with Crippen LogP contribution in [0.1, 0.15) is 5.56 Å². The van der Waals surface area contributed by atoms with E-state index in [9.17, 15) is 0 Å². The average molecular weight is 126 g/mol. The van der Waals surface area contributed by atoms with Crippen molar-refractivity contribution in [1.82, 2.24) is 0 Å². The summed E-state index contributed by atoms with van der Waals surface area (Å²) in [5, 5.41) is 7.00. The summed E-state index contributed by atoms with van der Waals surface area (Å²) in [4.78, 5) is 2.96. The van der Waals surface area contributed by atoms with E-state index in [1.807, 2.05) is 18.5 Å². The molecule has 0 spiro atoms. The number of aryl methyl sites for hydroxylation is 1. The molecule has 2 nitrogen and oxygen atoms in total. The topological polar surface area (TPSA) is 34.4 Å². The van der Waals surface area contributed by atoms with E-state index in [-0.39, 0.29) is 0 Å². The van der Waals surface area contributed by atoms with E-state index in [1.165, 1.54) is 5.56 Å². The summed E-state index contributed by atoms with van der Waals surface area (Å²) < 4.78 is 0. The molecular weight excluding hydrogens is 114 g/mol. The van der Waals surface area contributed by atoms with Crippen LogP contribution in [0.15, 0.2) is 24.5 Å². The Bertz CT molecular complexity index is 139. The van der Waals surface area contributed by atoms with Gasteiger partial charge in [0.25, 0.3) is 0 Å². The molecule has 0 atom stereocenters. The molecule has 0 unspecified atom stereocenters. The van der Waals surface area contributed by atoms with Crippen molar-refractivity contribution in [3.05, 3.63) is 30.1 Å². The van der Waals surface area contributed by atoms with Crippen LogP contribution >= 0.6 is 0 Å². The maximum absolute atomic E-state index is 7.00. The fourth-order valence-electron chi connectivity index (χ4n) is 0.483. The summed E-state index contributed by atoms with van der Waals surface area (Å²) in [7, 11) is 1.00. The second kappa shape index (κ2) is 5.25. The van der Waals surface area contributed by atoms with Crippen molar-refractivity contribution in [2.75, 3.05) is 7.11 Å². The van der Waals surface area contributed by atoms with Crippen molar-refractivity contribution in [3.63, 3.8) is 0 Å². The smallest absolute Gasteiger partial charge is 0.169 e. The predicted molar refractivity (Wildman–Crippen MR) is 35.9 cm³/mol. The molecule has 0 bridgehead atoms. The SMILES string of the molecule is CO.Cc1ccc[nH+]c1. The van der Waals surface area contributed by atoms with Crippen LogP contribution < -0.4 is 4.98 Å². The number of aliphatic hydroxyl groups is 1. The van der Waals surface area contributed by atoms with Crippen LogP contribution in [0.3, 0.4) is 0 Å². The van der Waals surface area contributed by atoms with Gasteiger partial charge in [-0.3, -0.25) is 0 Å². The van der Waals surface area contributed by atoms with Crippen LogP contribution in [0, 0.1) is 6.92 Å². The van der Waals surface area contributed by atoms with Crippen LogP contribution in [0.25, 0.3) is 0 Å². The van der Waals surface area contributed by atoms with Gasteiger partial charge in [-0.2, -0.15) is 0 Å². The van der Waals surface area contributed by atoms with E-state index in [0.717, 1.165) is 7.11 Å². The Morgan fingerprint density at radius 3 is 2.33 bits per heavy atom. The van der Waals surface area contributed by atoms with Gasteiger partial charge in [0.1, 0.15) is 0 Å². The first-order valence-electron chi connectivity index (χ1n) is 2.77. The zero-order chi connectivity index (χ0) is 7.11. The summed E-state index contributed by atoms with van der Waals surface area (Å²) in [6, 6.07) is 4.03. The third-order valence-electron chi connectivity index (χ3n) is 0.863. The van der Waals surface area contributed by atoms with Gasteiger partial charge < -0.3 is 5.11 Å². The first kappa shape index (κ1) is 8.11. The summed E-state index contributed by atoms with van der Waals surface area (Å²) in [6.45, 7) is 2.05. The van der Waals surface area contributed by atoms with Gasteiger partial charge in [-0.1, -0.05) is 0 Å². The maximum Gasteiger partial charge on any atom is 0.169 e. The van der Waals surface area contributed by atoms with E-state index in [2.05, 4.69) is 18.0 Å². The first-order chi connectivity index (χ1) is 4.39. The molecular formula is C7H12NO+. The van der Waals surface area contributed by atoms with Crippen molar-refractivity contribution in [1.29, 1.82) is 0 Å². The van der Waals surface area contributed by atoms with Gasteiger partial charge in [-0.15, -0.1) is 0 Å². The van der Waals surface area contributed by atoms with Gasteiger partial charge in [-0.25, -0.2) is 4.98 Å². The number of rotatable bonds is 0. The molecule has 1 rings (SSSR count). The highest BCUT2D eigenvalue weighted by Crippen LogP contribution is 1.84. The highest BCUT2D eigenvalue weighted by molar-refractivity contribution is 5.00. The van der Waals surface area contributed by atoms with E-state index in [0.29, 0.717) is 0 Å². The molecule has 0 aromatic carbocycles. The molecule has 9 heavy (non-hydrogen) atoms. The van der Waals surface area contributed by atoms with Gasteiger partial charge >= 0.3 is 0 Å². The fraction of sp³-hybridized carbons (Fsp3) is 0.286. The Morgan fingerprint density at radius 1 is 1.44 bits per heavy atom. The van der Waals surface area contributed by atoms with Crippen LogP contribution in [-0.2, 0) is 0 Å². The predicted octanol–water partition coefficient (Wildman–Crippen LogP) is 0.418. The standard InChI is InChI=1S/C6H7N.CH4O/c1-6-3-2-4-7-5-6;1-2/h2-5H,1H3;2H,1H3/p+1. The molecule has 2 N–H and O–H groups in total. The first-order valence-corrected chi connectivity index (χ1v) is 2.77. The third-order valence-corrected chi connectivity index (χ3v) is 0.863. The zero-order valence-corrected chi connectivity index (χ0v) is 5.76. The zero-order valence-electron chi connectivity index (χ0n) is 5.76. The molecule has 1 heterocycles. The van der Waals surface area contributed by atoms with E-state index in [1.54, 1.807) is 0 Å². The molecule has 2 heteroatoms. The minimum Gasteiger partial charge on any atom is -0.400 e. The Labute approximate surface area is 55.2 Å². The Morgan fingerprint density at radius 2 is 2.11 bits per heavy atom. The number of H-pyrrole nitrogens is 1. The second-order valence-electron chi connectivity index (χ2n) is 1.58. The average Bonchev–Trinajstić information content (AvgIpc) is 1.94. The quantitative estimate of drug-likeness (QED) is 0.537. The lowest BCUT2D eigenvalue weighted by molar-refractivity contribution is -0.378. The molecule has 0 aliphatic rings. The summed E-state index contributed by atoms with van der Waals surface area (Å²) >= 11 is 0. The molecule has 0 aliphatic carbocycles.